The van der Waals surface area contributed by atoms with Crippen molar-refractivity contribution in [2.45, 2.75) is 18.4 Å². The molecule has 2 nitrogen and oxygen atoms in total. The third-order valence-electron chi connectivity index (χ3n) is 11.8. The molecule has 0 saturated carbocycles. The molecule has 2 heteroatoms. The van der Waals surface area contributed by atoms with Gasteiger partial charge in [-0.25, -0.2) is 0 Å². The van der Waals surface area contributed by atoms with Gasteiger partial charge in [-0.1, -0.05) is 152 Å². The molecular formula is C53H37NO. The summed E-state index contributed by atoms with van der Waals surface area (Å²) in [5, 5.41) is 10.1. The van der Waals surface area contributed by atoms with Crippen LogP contribution >= 0.6 is 0 Å². The zero-order chi connectivity index (χ0) is 36.5. The fourth-order valence-corrected chi connectivity index (χ4v) is 9.30. The van der Waals surface area contributed by atoms with Crippen LogP contribution in [0, 0.1) is 0 Å². The normalized spacial score (nSPS) is 17.3. The third kappa shape index (κ3) is 5.02. The Morgan fingerprint density at radius 1 is 0.473 bits per heavy atom. The summed E-state index contributed by atoms with van der Waals surface area (Å²) in [6.07, 6.45) is 6.61. The van der Waals surface area contributed by atoms with E-state index in [9.17, 15) is 0 Å². The molecule has 55 heavy (non-hydrogen) atoms. The molecule has 2 unspecified atom stereocenters. The molecule has 0 bridgehead atoms. The Morgan fingerprint density at radius 3 is 1.85 bits per heavy atom. The first-order valence-corrected chi connectivity index (χ1v) is 19.1. The van der Waals surface area contributed by atoms with Gasteiger partial charge in [0.2, 0.25) is 0 Å². The summed E-state index contributed by atoms with van der Waals surface area (Å²) >= 11 is 0. The number of rotatable bonds is 5. The topological polar surface area (TPSA) is 12.5 Å². The van der Waals surface area contributed by atoms with Gasteiger partial charge in [0, 0.05) is 22.6 Å². The van der Waals surface area contributed by atoms with Gasteiger partial charge in [0.1, 0.15) is 11.4 Å². The Balaban J connectivity index is 1.09. The van der Waals surface area contributed by atoms with Crippen LogP contribution in [0.15, 0.2) is 200 Å². The SMILES string of the molecule is CC12C=CC=C(c3ccc(N(c4cccc(-c5cccc6ccccc56)c4)c4ccc5c6ccccc6c6ccccc6c5c4)cc3)C1c1ccccc1O2. The molecule has 11 rings (SSSR count). The van der Waals surface area contributed by atoms with Gasteiger partial charge in [-0.2, -0.15) is 0 Å². The number of hydrogen-bond donors (Lipinski definition) is 0. The highest BCUT2D eigenvalue weighted by Crippen LogP contribution is 2.53. The van der Waals surface area contributed by atoms with Gasteiger partial charge in [0.15, 0.2) is 0 Å². The summed E-state index contributed by atoms with van der Waals surface area (Å²) in [5.41, 5.74) is 9.03. The molecule has 0 aromatic heterocycles. The van der Waals surface area contributed by atoms with Crippen molar-refractivity contribution in [3.8, 4) is 16.9 Å². The molecule has 0 N–H and O–H groups in total. The van der Waals surface area contributed by atoms with Crippen molar-refractivity contribution in [3.05, 3.63) is 211 Å². The van der Waals surface area contributed by atoms with E-state index in [2.05, 4.69) is 212 Å². The zero-order valence-corrected chi connectivity index (χ0v) is 30.5. The minimum absolute atomic E-state index is 0.122. The minimum Gasteiger partial charge on any atom is -0.482 e. The number of anilines is 3. The Morgan fingerprint density at radius 2 is 1.07 bits per heavy atom. The van der Waals surface area contributed by atoms with Crippen LogP contribution < -0.4 is 9.64 Å². The number of fused-ring (bicyclic) bond motifs is 10. The molecule has 260 valence electrons. The van der Waals surface area contributed by atoms with E-state index in [4.69, 9.17) is 4.74 Å². The van der Waals surface area contributed by atoms with E-state index in [-0.39, 0.29) is 5.92 Å². The molecule has 0 saturated heterocycles. The van der Waals surface area contributed by atoms with Crippen molar-refractivity contribution in [2.75, 3.05) is 4.90 Å². The zero-order valence-electron chi connectivity index (χ0n) is 30.5. The Kier molecular flexibility index (Phi) is 7.09. The second kappa shape index (κ2) is 12.3. The van der Waals surface area contributed by atoms with E-state index in [0.29, 0.717) is 0 Å². The quantitative estimate of drug-likeness (QED) is 0.166. The van der Waals surface area contributed by atoms with Crippen molar-refractivity contribution in [1.29, 1.82) is 0 Å². The van der Waals surface area contributed by atoms with Crippen molar-refractivity contribution >= 4 is 65.7 Å². The number of ether oxygens (including phenoxy) is 1. The van der Waals surface area contributed by atoms with E-state index >= 15 is 0 Å². The van der Waals surface area contributed by atoms with Gasteiger partial charge in [0.05, 0.1) is 5.92 Å². The van der Waals surface area contributed by atoms with Crippen LogP contribution in [-0.2, 0) is 0 Å². The van der Waals surface area contributed by atoms with Gasteiger partial charge in [-0.3, -0.25) is 0 Å². The van der Waals surface area contributed by atoms with E-state index in [1.54, 1.807) is 0 Å². The van der Waals surface area contributed by atoms with Gasteiger partial charge in [0.25, 0.3) is 0 Å². The average Bonchev–Trinajstić information content (AvgIpc) is 3.56. The molecule has 1 aliphatic carbocycles. The van der Waals surface area contributed by atoms with E-state index in [0.717, 1.165) is 22.8 Å². The highest BCUT2D eigenvalue weighted by molar-refractivity contribution is 6.25. The smallest absolute Gasteiger partial charge is 0.136 e. The lowest BCUT2D eigenvalue weighted by molar-refractivity contribution is 0.158. The molecule has 1 aliphatic heterocycles. The maximum Gasteiger partial charge on any atom is 0.136 e. The first-order chi connectivity index (χ1) is 27.1. The maximum absolute atomic E-state index is 6.56. The number of hydrogen-bond acceptors (Lipinski definition) is 2. The van der Waals surface area contributed by atoms with Gasteiger partial charge in [-0.15, -0.1) is 0 Å². The van der Waals surface area contributed by atoms with Crippen LogP contribution in [0.25, 0.3) is 59.8 Å². The number of para-hydroxylation sites is 1. The third-order valence-corrected chi connectivity index (χ3v) is 11.8. The van der Waals surface area contributed by atoms with Crippen LogP contribution in [0.3, 0.4) is 0 Å². The predicted octanol–water partition coefficient (Wildman–Crippen LogP) is 14.3. The fourth-order valence-electron chi connectivity index (χ4n) is 9.30. The van der Waals surface area contributed by atoms with E-state index < -0.39 is 5.60 Å². The Labute approximate surface area is 320 Å². The van der Waals surface area contributed by atoms with Crippen LogP contribution in [0.2, 0.25) is 0 Å². The summed E-state index contributed by atoms with van der Waals surface area (Å²) in [4.78, 5) is 2.41. The summed E-state index contributed by atoms with van der Waals surface area (Å²) in [5.74, 6) is 1.09. The molecule has 0 fully saturated rings. The molecule has 0 amide bonds. The first-order valence-electron chi connectivity index (χ1n) is 19.1. The Hall–Kier alpha value is -6.90. The summed E-state index contributed by atoms with van der Waals surface area (Å²) in [6, 6.07) is 66.4. The fraction of sp³-hybridized carbons (Fsp3) is 0.0566. The van der Waals surface area contributed by atoms with Gasteiger partial charge >= 0.3 is 0 Å². The number of allylic oxidation sites excluding steroid dienone is 2. The lowest BCUT2D eigenvalue weighted by Gasteiger charge is -2.32. The van der Waals surface area contributed by atoms with Crippen LogP contribution in [0.5, 0.6) is 5.75 Å². The van der Waals surface area contributed by atoms with Crippen molar-refractivity contribution < 1.29 is 4.74 Å². The predicted molar refractivity (Wildman–Crippen MR) is 232 cm³/mol. The van der Waals surface area contributed by atoms with Crippen LogP contribution in [0.1, 0.15) is 24.0 Å². The second-order valence-corrected chi connectivity index (χ2v) is 15.0. The summed E-state index contributed by atoms with van der Waals surface area (Å²) in [6.45, 7) is 2.20. The first kappa shape index (κ1) is 31.6. The highest BCUT2D eigenvalue weighted by atomic mass is 16.5. The molecule has 0 radical (unpaired) electrons. The lowest BCUT2D eigenvalue weighted by atomic mass is 9.74. The lowest BCUT2D eigenvalue weighted by Crippen LogP contribution is -2.34. The second-order valence-electron chi connectivity index (χ2n) is 15.0. The summed E-state index contributed by atoms with van der Waals surface area (Å²) < 4.78 is 6.56. The molecule has 2 atom stereocenters. The van der Waals surface area contributed by atoms with Crippen LogP contribution in [0.4, 0.5) is 17.1 Å². The molecular weight excluding hydrogens is 667 g/mol. The van der Waals surface area contributed by atoms with Crippen LogP contribution in [-0.4, -0.2) is 5.60 Å². The average molecular weight is 704 g/mol. The monoisotopic (exact) mass is 703 g/mol. The largest absolute Gasteiger partial charge is 0.482 e. The minimum atomic E-state index is -0.418. The van der Waals surface area contributed by atoms with Gasteiger partial charge < -0.3 is 9.64 Å². The van der Waals surface area contributed by atoms with E-state index in [1.807, 2.05) is 0 Å². The molecule has 9 aromatic rings. The van der Waals surface area contributed by atoms with Gasteiger partial charge in [-0.05, 0) is 121 Å². The van der Waals surface area contributed by atoms with Crippen molar-refractivity contribution in [2.24, 2.45) is 0 Å². The van der Waals surface area contributed by atoms with Crippen molar-refractivity contribution in [1.82, 2.24) is 0 Å². The van der Waals surface area contributed by atoms with Crippen molar-refractivity contribution in [3.63, 3.8) is 0 Å². The van der Waals surface area contributed by atoms with E-state index in [1.165, 1.54) is 70.9 Å². The molecule has 0 spiro atoms. The number of nitrogens with zero attached hydrogens (tertiary/aromatic N) is 1. The molecule has 1 heterocycles. The maximum atomic E-state index is 6.56. The standard InChI is InChI=1S/C53H37NO/c1-53-32-12-24-43(52(53)49-22-8-9-25-51(49)55-53)36-26-28-38(29-27-36)54(39-16-10-15-37(33-39)42-23-11-14-35-13-2-3-17-41(35)42)40-30-31-48-46-20-5-4-18-44(46)45-19-6-7-21-47(45)50(48)34-40/h2-34,52H,1H3. The molecule has 2 aliphatic rings. The summed E-state index contributed by atoms with van der Waals surface area (Å²) in [7, 11) is 0. The molecule has 9 aromatic carbocycles. The highest BCUT2D eigenvalue weighted by Gasteiger charge is 2.46. The Bertz CT molecular complexity index is 3000. The number of benzene rings is 9.